The predicted octanol–water partition coefficient (Wildman–Crippen LogP) is 1.68. The lowest BCUT2D eigenvalue weighted by molar-refractivity contribution is -0.277. The molecule has 0 bridgehead atoms. The summed E-state index contributed by atoms with van der Waals surface area (Å²) in [6.07, 6.45) is 0.105. The van der Waals surface area contributed by atoms with Gasteiger partial charge in [0.2, 0.25) is 0 Å². The molecule has 1 heterocycles. The molecule has 21 heavy (non-hydrogen) atoms. The Morgan fingerprint density at radius 2 is 1.86 bits per heavy atom. The van der Waals surface area contributed by atoms with Gasteiger partial charge in [-0.3, -0.25) is 9.59 Å². The zero-order valence-corrected chi connectivity index (χ0v) is 13.0. The summed E-state index contributed by atoms with van der Waals surface area (Å²) in [5.41, 5.74) is 0. The molecule has 1 rings (SSSR count). The van der Waals surface area contributed by atoms with Crippen molar-refractivity contribution in [2.45, 2.75) is 46.2 Å². The van der Waals surface area contributed by atoms with Gasteiger partial charge >= 0.3 is 11.9 Å². The Morgan fingerprint density at radius 1 is 1.19 bits per heavy atom. The van der Waals surface area contributed by atoms with E-state index < -0.39 is 12.4 Å². The molecule has 0 radical (unpaired) electrons. The lowest BCUT2D eigenvalue weighted by Crippen LogP contribution is -2.53. The van der Waals surface area contributed by atoms with Gasteiger partial charge in [-0.2, -0.15) is 0 Å². The Morgan fingerprint density at radius 3 is 2.38 bits per heavy atom. The second-order valence-corrected chi connectivity index (χ2v) is 5.26. The molecule has 5 unspecified atom stereocenters. The minimum atomic E-state index is -0.696. The highest BCUT2D eigenvalue weighted by molar-refractivity contribution is 5.66. The van der Waals surface area contributed by atoms with E-state index in [2.05, 4.69) is 6.58 Å². The van der Waals surface area contributed by atoms with Gasteiger partial charge in [0, 0.05) is 19.8 Å². The summed E-state index contributed by atoms with van der Waals surface area (Å²) >= 11 is 0. The van der Waals surface area contributed by atoms with E-state index in [1.807, 2.05) is 13.8 Å². The van der Waals surface area contributed by atoms with Crippen molar-refractivity contribution in [2.24, 2.45) is 11.8 Å². The van der Waals surface area contributed by atoms with E-state index in [0.717, 1.165) is 0 Å². The van der Waals surface area contributed by atoms with Gasteiger partial charge in [-0.15, -0.1) is 6.58 Å². The maximum absolute atomic E-state index is 11.3. The lowest BCUT2D eigenvalue weighted by Gasteiger charge is -2.43. The Kier molecular flexibility index (Phi) is 6.84. The molecule has 0 aromatic heterocycles. The van der Waals surface area contributed by atoms with E-state index in [9.17, 15) is 9.59 Å². The van der Waals surface area contributed by atoms with E-state index in [0.29, 0.717) is 0 Å². The molecule has 1 aliphatic heterocycles. The van der Waals surface area contributed by atoms with E-state index in [1.165, 1.54) is 13.8 Å². The average Bonchev–Trinajstić information content (AvgIpc) is 2.41. The van der Waals surface area contributed by atoms with Crippen molar-refractivity contribution in [3.63, 3.8) is 0 Å². The van der Waals surface area contributed by atoms with Crippen LogP contribution in [-0.4, -0.2) is 43.7 Å². The summed E-state index contributed by atoms with van der Waals surface area (Å²) in [7, 11) is 0. The number of rotatable bonds is 6. The average molecular weight is 300 g/mol. The van der Waals surface area contributed by atoms with Gasteiger partial charge in [-0.05, 0) is 5.92 Å². The first-order chi connectivity index (χ1) is 9.86. The second-order valence-electron chi connectivity index (χ2n) is 5.26. The van der Waals surface area contributed by atoms with Crippen molar-refractivity contribution in [3.05, 3.63) is 12.7 Å². The first kappa shape index (κ1) is 17.7. The second kappa shape index (κ2) is 8.14. The first-order valence-electron chi connectivity index (χ1n) is 7.05. The maximum atomic E-state index is 11.3. The highest BCUT2D eigenvalue weighted by atomic mass is 16.7. The normalized spacial score (nSPS) is 32.3. The van der Waals surface area contributed by atoms with E-state index in [-0.39, 0.29) is 43.1 Å². The van der Waals surface area contributed by atoms with Crippen LogP contribution in [0.25, 0.3) is 0 Å². The molecule has 0 saturated carbocycles. The summed E-state index contributed by atoms with van der Waals surface area (Å²) in [6, 6.07) is 0. The minimum absolute atomic E-state index is 0.0121. The van der Waals surface area contributed by atoms with Gasteiger partial charge in [0.05, 0.1) is 12.7 Å². The number of hydrogen-bond acceptors (Lipinski definition) is 6. The summed E-state index contributed by atoms with van der Waals surface area (Å²) in [5.74, 6) is -0.673. The fourth-order valence-corrected chi connectivity index (χ4v) is 2.30. The Bertz CT molecular complexity index is 378. The van der Waals surface area contributed by atoms with Crippen LogP contribution in [0.1, 0.15) is 27.7 Å². The SMILES string of the molecule is C=CCOC1OC(COC(C)=O)C(C)C(C)C1OC(C)=O. The molecule has 1 aliphatic rings. The Balaban J connectivity index is 2.79. The van der Waals surface area contributed by atoms with Gasteiger partial charge in [-0.25, -0.2) is 0 Å². The standard InChI is InChI=1S/C15H24O6/c1-6-7-18-15-14(20-12(5)17)10(3)9(2)13(21-15)8-19-11(4)16/h6,9-10,13-15H,1,7-8H2,2-5H3. The molecule has 5 atom stereocenters. The third-order valence-corrected chi connectivity index (χ3v) is 3.64. The number of carbonyl (C=O) groups excluding carboxylic acids is 2. The summed E-state index contributed by atoms with van der Waals surface area (Å²) in [5, 5.41) is 0. The van der Waals surface area contributed by atoms with E-state index >= 15 is 0 Å². The Hall–Kier alpha value is -1.40. The molecular formula is C15H24O6. The fourth-order valence-electron chi connectivity index (χ4n) is 2.30. The number of hydrogen-bond donors (Lipinski definition) is 0. The molecule has 6 heteroatoms. The van der Waals surface area contributed by atoms with Crippen LogP contribution in [0, 0.1) is 11.8 Å². The van der Waals surface area contributed by atoms with Gasteiger partial charge in [0.1, 0.15) is 6.61 Å². The first-order valence-corrected chi connectivity index (χ1v) is 7.05. The number of ether oxygens (including phenoxy) is 4. The molecule has 0 aromatic carbocycles. The molecule has 0 aliphatic carbocycles. The maximum Gasteiger partial charge on any atom is 0.303 e. The highest BCUT2D eigenvalue weighted by Crippen LogP contribution is 2.33. The van der Waals surface area contributed by atoms with Gasteiger partial charge in [0.15, 0.2) is 12.4 Å². The van der Waals surface area contributed by atoms with Crippen molar-refractivity contribution in [1.82, 2.24) is 0 Å². The molecule has 6 nitrogen and oxygen atoms in total. The summed E-state index contributed by atoms with van der Waals surface area (Å²) in [4.78, 5) is 22.2. The van der Waals surface area contributed by atoms with Crippen LogP contribution in [-0.2, 0) is 28.5 Å². The highest BCUT2D eigenvalue weighted by Gasteiger charge is 2.44. The molecular weight excluding hydrogens is 276 g/mol. The van der Waals surface area contributed by atoms with Gasteiger partial charge in [-0.1, -0.05) is 19.9 Å². The quantitative estimate of drug-likeness (QED) is 0.549. The van der Waals surface area contributed by atoms with Crippen LogP contribution < -0.4 is 0 Å². The zero-order valence-electron chi connectivity index (χ0n) is 13.0. The van der Waals surface area contributed by atoms with Crippen LogP contribution in [0.5, 0.6) is 0 Å². The third-order valence-electron chi connectivity index (χ3n) is 3.64. The van der Waals surface area contributed by atoms with Gasteiger partial charge in [0.25, 0.3) is 0 Å². The summed E-state index contributed by atoms with van der Waals surface area (Å²) < 4.78 is 21.7. The number of esters is 2. The van der Waals surface area contributed by atoms with Crippen molar-refractivity contribution in [3.8, 4) is 0 Å². The van der Waals surface area contributed by atoms with Crippen molar-refractivity contribution >= 4 is 11.9 Å². The van der Waals surface area contributed by atoms with Crippen LogP contribution in [0.15, 0.2) is 12.7 Å². The topological polar surface area (TPSA) is 71.1 Å². The monoisotopic (exact) mass is 300 g/mol. The summed E-state index contributed by atoms with van der Waals surface area (Å²) in [6.45, 7) is 10.7. The van der Waals surface area contributed by atoms with Crippen molar-refractivity contribution in [1.29, 1.82) is 0 Å². The molecule has 0 aromatic rings. The fraction of sp³-hybridized carbons (Fsp3) is 0.733. The van der Waals surface area contributed by atoms with Crippen LogP contribution in [0.2, 0.25) is 0 Å². The van der Waals surface area contributed by atoms with Crippen LogP contribution in [0.3, 0.4) is 0 Å². The van der Waals surface area contributed by atoms with Crippen molar-refractivity contribution in [2.75, 3.05) is 13.2 Å². The van der Waals surface area contributed by atoms with Gasteiger partial charge < -0.3 is 18.9 Å². The molecule has 0 spiro atoms. The molecule has 0 amide bonds. The predicted molar refractivity (Wildman–Crippen MR) is 75.3 cm³/mol. The zero-order chi connectivity index (χ0) is 16.0. The number of carbonyl (C=O) groups is 2. The molecule has 120 valence electrons. The smallest absolute Gasteiger partial charge is 0.303 e. The lowest BCUT2D eigenvalue weighted by atomic mass is 9.83. The van der Waals surface area contributed by atoms with Crippen LogP contribution in [0.4, 0.5) is 0 Å². The Labute approximate surface area is 125 Å². The van der Waals surface area contributed by atoms with E-state index in [4.69, 9.17) is 18.9 Å². The minimum Gasteiger partial charge on any atom is -0.463 e. The van der Waals surface area contributed by atoms with E-state index in [1.54, 1.807) is 6.08 Å². The third kappa shape index (κ3) is 5.13. The largest absolute Gasteiger partial charge is 0.463 e. The molecule has 1 fully saturated rings. The molecule has 0 N–H and O–H groups in total. The molecule has 1 saturated heterocycles. The van der Waals surface area contributed by atoms with Crippen LogP contribution >= 0.6 is 0 Å². The van der Waals surface area contributed by atoms with Crippen molar-refractivity contribution < 1.29 is 28.5 Å².